The van der Waals surface area contributed by atoms with Crippen LogP contribution in [0.1, 0.15) is 26.3 Å². The molecule has 2 amide bonds. The van der Waals surface area contributed by atoms with E-state index in [1.807, 2.05) is 39.0 Å². The number of hydrogen-bond acceptors (Lipinski definition) is 2. The van der Waals surface area contributed by atoms with Crippen LogP contribution in [-0.2, 0) is 6.42 Å². The lowest BCUT2D eigenvalue weighted by Crippen LogP contribution is -2.48. The lowest BCUT2D eigenvalue weighted by atomic mass is 10.0. The molecule has 4 nitrogen and oxygen atoms in total. The van der Waals surface area contributed by atoms with Gasteiger partial charge in [0.1, 0.15) is 5.82 Å². The highest BCUT2D eigenvalue weighted by Crippen LogP contribution is 2.32. The van der Waals surface area contributed by atoms with Gasteiger partial charge in [-0.15, -0.1) is 0 Å². The molecule has 0 saturated carbocycles. The van der Waals surface area contributed by atoms with Crippen molar-refractivity contribution in [2.24, 2.45) is 0 Å². The van der Waals surface area contributed by atoms with E-state index in [9.17, 15) is 9.18 Å². The highest BCUT2D eigenvalue weighted by molar-refractivity contribution is 5.95. The number of benzene rings is 1. The average molecular weight is 313 g/mol. The predicted octanol–water partition coefficient (Wildman–Crippen LogP) is 3.76. The van der Waals surface area contributed by atoms with Gasteiger partial charge in [-0.25, -0.2) is 9.18 Å². The number of pyridine rings is 1. The second-order valence-corrected chi connectivity index (χ2v) is 6.82. The Kier molecular flexibility index (Phi) is 3.80. The Morgan fingerprint density at radius 2 is 2.00 bits per heavy atom. The van der Waals surface area contributed by atoms with Crippen LogP contribution in [0.2, 0.25) is 0 Å². The van der Waals surface area contributed by atoms with Crippen molar-refractivity contribution < 1.29 is 9.18 Å². The van der Waals surface area contributed by atoms with Crippen LogP contribution < -0.4 is 10.2 Å². The minimum atomic E-state index is -0.353. The Balaban J connectivity index is 1.87. The second-order valence-electron chi connectivity index (χ2n) is 6.82. The van der Waals surface area contributed by atoms with Crippen LogP contribution in [0.15, 0.2) is 36.7 Å². The Morgan fingerprint density at radius 3 is 2.70 bits per heavy atom. The van der Waals surface area contributed by atoms with Gasteiger partial charge in [0, 0.05) is 29.5 Å². The van der Waals surface area contributed by atoms with Crippen LogP contribution in [0.4, 0.5) is 14.9 Å². The third kappa shape index (κ3) is 3.33. The fourth-order valence-corrected chi connectivity index (χ4v) is 2.75. The van der Waals surface area contributed by atoms with Crippen molar-refractivity contribution in [2.75, 3.05) is 11.4 Å². The number of hydrogen-bond donors (Lipinski definition) is 1. The number of halogens is 1. The number of carbonyl (C=O) groups excluding carboxylic acids is 1. The van der Waals surface area contributed by atoms with Crippen molar-refractivity contribution in [3.8, 4) is 11.1 Å². The van der Waals surface area contributed by atoms with E-state index < -0.39 is 0 Å². The van der Waals surface area contributed by atoms with Crippen molar-refractivity contribution in [1.82, 2.24) is 10.3 Å². The summed E-state index contributed by atoms with van der Waals surface area (Å²) in [6.45, 7) is 6.54. The number of nitrogens with zero attached hydrogens (tertiary/aromatic N) is 2. The maximum atomic E-state index is 13.3. The first kappa shape index (κ1) is 15.5. The summed E-state index contributed by atoms with van der Waals surface area (Å²) < 4.78 is 13.3. The zero-order valence-corrected chi connectivity index (χ0v) is 13.6. The molecule has 1 aromatic heterocycles. The van der Waals surface area contributed by atoms with Gasteiger partial charge < -0.3 is 5.32 Å². The van der Waals surface area contributed by atoms with Crippen molar-refractivity contribution >= 4 is 11.7 Å². The number of fused-ring (bicyclic) bond motifs is 1. The normalized spacial score (nSPS) is 13.8. The fraction of sp³-hybridized carbons (Fsp3) is 0.333. The van der Waals surface area contributed by atoms with Gasteiger partial charge in [-0.1, -0.05) is 6.07 Å². The molecule has 0 saturated heterocycles. The molecule has 2 heterocycles. The van der Waals surface area contributed by atoms with Gasteiger partial charge in [-0.3, -0.25) is 9.88 Å². The van der Waals surface area contributed by atoms with E-state index in [1.54, 1.807) is 11.1 Å². The molecular weight excluding hydrogens is 293 g/mol. The van der Waals surface area contributed by atoms with Crippen molar-refractivity contribution in [3.05, 3.63) is 48.0 Å². The van der Waals surface area contributed by atoms with Crippen molar-refractivity contribution in [2.45, 2.75) is 32.7 Å². The Morgan fingerprint density at radius 1 is 1.22 bits per heavy atom. The van der Waals surface area contributed by atoms with E-state index in [2.05, 4.69) is 10.3 Å². The molecule has 2 aromatic rings. The average Bonchev–Trinajstić information content (AvgIpc) is 2.88. The molecule has 1 aliphatic rings. The maximum Gasteiger partial charge on any atom is 0.322 e. The molecule has 0 unspecified atom stereocenters. The van der Waals surface area contributed by atoms with Crippen LogP contribution in [0.25, 0.3) is 11.1 Å². The molecule has 0 aliphatic carbocycles. The number of amides is 2. The summed E-state index contributed by atoms with van der Waals surface area (Å²) in [6, 6.07) is 7.21. The number of nitrogens with one attached hydrogen (secondary N) is 1. The van der Waals surface area contributed by atoms with Gasteiger partial charge in [0.05, 0.1) is 6.20 Å². The van der Waals surface area contributed by atoms with E-state index >= 15 is 0 Å². The number of urea groups is 1. The van der Waals surface area contributed by atoms with Crippen LogP contribution in [-0.4, -0.2) is 23.1 Å². The van der Waals surface area contributed by atoms with Crippen LogP contribution in [0.3, 0.4) is 0 Å². The van der Waals surface area contributed by atoms with Gasteiger partial charge in [-0.05, 0) is 56.5 Å². The molecular formula is C18H20FN3O. The Bertz CT molecular complexity index is 752. The molecule has 23 heavy (non-hydrogen) atoms. The SMILES string of the molecule is CC(C)(C)NC(=O)N1CCc2cc(-c3cncc(F)c3)ccc21. The van der Waals surface area contributed by atoms with Crippen LogP contribution >= 0.6 is 0 Å². The molecule has 0 spiro atoms. The molecule has 120 valence electrons. The molecule has 3 rings (SSSR count). The summed E-state index contributed by atoms with van der Waals surface area (Å²) in [4.78, 5) is 18.0. The minimum Gasteiger partial charge on any atom is -0.333 e. The smallest absolute Gasteiger partial charge is 0.322 e. The van der Waals surface area contributed by atoms with E-state index in [-0.39, 0.29) is 17.4 Å². The first-order valence-corrected chi connectivity index (χ1v) is 7.67. The number of carbonyl (C=O) groups is 1. The molecule has 0 radical (unpaired) electrons. The fourth-order valence-electron chi connectivity index (χ4n) is 2.75. The van der Waals surface area contributed by atoms with E-state index in [0.29, 0.717) is 6.54 Å². The van der Waals surface area contributed by atoms with Crippen molar-refractivity contribution in [1.29, 1.82) is 0 Å². The summed E-state index contributed by atoms with van der Waals surface area (Å²) in [5, 5.41) is 2.98. The second kappa shape index (κ2) is 5.65. The van der Waals surface area contributed by atoms with E-state index in [4.69, 9.17) is 0 Å². The van der Waals surface area contributed by atoms with Gasteiger partial charge >= 0.3 is 6.03 Å². The van der Waals surface area contributed by atoms with E-state index in [1.165, 1.54) is 12.3 Å². The third-order valence-corrected chi connectivity index (χ3v) is 3.74. The number of rotatable bonds is 1. The lowest BCUT2D eigenvalue weighted by Gasteiger charge is -2.26. The summed E-state index contributed by atoms with van der Waals surface area (Å²) in [6.07, 6.45) is 3.63. The zero-order chi connectivity index (χ0) is 16.6. The topological polar surface area (TPSA) is 45.2 Å². The molecule has 5 heteroatoms. The predicted molar refractivity (Wildman–Crippen MR) is 89.0 cm³/mol. The first-order chi connectivity index (χ1) is 10.8. The van der Waals surface area contributed by atoms with E-state index in [0.717, 1.165) is 28.8 Å². The highest BCUT2D eigenvalue weighted by Gasteiger charge is 2.27. The van der Waals surface area contributed by atoms with Crippen LogP contribution in [0.5, 0.6) is 0 Å². The van der Waals surface area contributed by atoms with Crippen molar-refractivity contribution in [3.63, 3.8) is 0 Å². The largest absolute Gasteiger partial charge is 0.333 e. The highest BCUT2D eigenvalue weighted by atomic mass is 19.1. The number of anilines is 1. The van der Waals surface area contributed by atoms with Crippen LogP contribution in [0, 0.1) is 5.82 Å². The molecule has 0 fully saturated rings. The van der Waals surface area contributed by atoms with Gasteiger partial charge in [0.25, 0.3) is 0 Å². The third-order valence-electron chi connectivity index (χ3n) is 3.74. The lowest BCUT2D eigenvalue weighted by molar-refractivity contribution is 0.238. The summed E-state index contributed by atoms with van der Waals surface area (Å²) in [5.41, 5.74) is 3.39. The van der Waals surface area contributed by atoms with Gasteiger partial charge in [-0.2, -0.15) is 0 Å². The van der Waals surface area contributed by atoms with Gasteiger partial charge in [0.2, 0.25) is 0 Å². The molecule has 0 bridgehead atoms. The minimum absolute atomic E-state index is 0.0866. The summed E-state index contributed by atoms with van der Waals surface area (Å²) in [5.74, 6) is -0.353. The Hall–Kier alpha value is -2.43. The molecule has 0 atom stereocenters. The van der Waals surface area contributed by atoms with Gasteiger partial charge in [0.15, 0.2) is 0 Å². The molecule has 1 N–H and O–H groups in total. The zero-order valence-electron chi connectivity index (χ0n) is 13.6. The monoisotopic (exact) mass is 313 g/mol. The summed E-state index contributed by atoms with van der Waals surface area (Å²) in [7, 11) is 0. The summed E-state index contributed by atoms with van der Waals surface area (Å²) >= 11 is 0. The standard InChI is InChI=1S/C18H20FN3O/c1-18(2,3)21-17(23)22-7-6-13-8-12(4-5-16(13)22)14-9-15(19)11-20-10-14/h4-5,8-11H,6-7H2,1-3H3,(H,21,23). The quantitative estimate of drug-likeness (QED) is 0.871. The molecule has 1 aromatic carbocycles. The maximum absolute atomic E-state index is 13.3. The first-order valence-electron chi connectivity index (χ1n) is 7.67. The molecule has 1 aliphatic heterocycles. The number of aromatic nitrogens is 1. The Labute approximate surface area is 135 Å².